The molecule has 0 unspecified atom stereocenters. The Kier molecular flexibility index (Phi) is 4.08. The Hall–Kier alpha value is -3.02. The molecule has 21 heavy (non-hydrogen) atoms. The molecule has 108 valence electrons. The van der Waals surface area contributed by atoms with Crippen LogP contribution in [-0.2, 0) is 17.9 Å². The summed E-state index contributed by atoms with van der Waals surface area (Å²) in [6.07, 6.45) is 1.52. The van der Waals surface area contributed by atoms with Crippen LogP contribution in [0, 0.1) is 25.2 Å². The molecule has 0 saturated carbocycles. The molecule has 0 amide bonds. The summed E-state index contributed by atoms with van der Waals surface area (Å²) in [7, 11) is 0. The topological polar surface area (TPSA) is 130 Å². The molecule has 0 saturated heterocycles. The third-order valence-electron chi connectivity index (χ3n) is 2.89. The smallest absolute Gasteiger partial charge is 0.325 e. The van der Waals surface area contributed by atoms with Crippen molar-refractivity contribution in [1.29, 1.82) is 5.26 Å². The molecule has 0 spiro atoms. The molecule has 0 atom stereocenters. The second kappa shape index (κ2) is 5.96. The predicted octanol–water partition coefficient (Wildman–Crippen LogP) is 0.253. The van der Waals surface area contributed by atoms with Crippen LogP contribution in [0.5, 0.6) is 0 Å². The SMILES string of the molecule is Cc1nnc(NCc2cn(CC(=O)O)nn2)c(C#N)c1C. The van der Waals surface area contributed by atoms with Gasteiger partial charge in [0.15, 0.2) is 5.82 Å². The molecule has 0 aliphatic rings. The molecule has 0 bridgehead atoms. The molecular weight excluding hydrogens is 274 g/mol. The number of carboxylic acids is 1. The van der Waals surface area contributed by atoms with E-state index in [1.54, 1.807) is 13.8 Å². The van der Waals surface area contributed by atoms with Crippen molar-refractivity contribution in [2.24, 2.45) is 0 Å². The average Bonchev–Trinajstić information content (AvgIpc) is 2.87. The lowest BCUT2D eigenvalue weighted by Gasteiger charge is -2.07. The minimum Gasteiger partial charge on any atom is -0.480 e. The summed E-state index contributed by atoms with van der Waals surface area (Å²) in [4.78, 5) is 10.6. The van der Waals surface area contributed by atoms with Crippen molar-refractivity contribution in [3.05, 3.63) is 28.7 Å². The Morgan fingerprint density at radius 2 is 2.19 bits per heavy atom. The van der Waals surface area contributed by atoms with Crippen molar-refractivity contribution < 1.29 is 9.90 Å². The van der Waals surface area contributed by atoms with Gasteiger partial charge in [-0.2, -0.15) is 10.4 Å². The zero-order valence-corrected chi connectivity index (χ0v) is 11.5. The van der Waals surface area contributed by atoms with Crippen LogP contribution < -0.4 is 5.32 Å². The first-order valence-corrected chi connectivity index (χ1v) is 6.10. The molecule has 0 aliphatic heterocycles. The summed E-state index contributed by atoms with van der Waals surface area (Å²) in [5.41, 5.74) is 2.44. The number of aryl methyl sites for hydroxylation is 1. The second-order valence-electron chi connectivity index (χ2n) is 4.40. The van der Waals surface area contributed by atoms with Gasteiger partial charge in [0.1, 0.15) is 23.9 Å². The van der Waals surface area contributed by atoms with Crippen molar-refractivity contribution in [3.8, 4) is 6.07 Å². The second-order valence-corrected chi connectivity index (χ2v) is 4.40. The van der Waals surface area contributed by atoms with E-state index in [1.165, 1.54) is 10.9 Å². The summed E-state index contributed by atoms with van der Waals surface area (Å²) in [6, 6.07) is 2.09. The van der Waals surface area contributed by atoms with Crippen LogP contribution in [0.4, 0.5) is 5.82 Å². The van der Waals surface area contributed by atoms with Crippen LogP contribution >= 0.6 is 0 Å². The number of hydrogen-bond acceptors (Lipinski definition) is 7. The predicted molar refractivity (Wildman–Crippen MR) is 71.2 cm³/mol. The number of hydrogen-bond donors (Lipinski definition) is 2. The Morgan fingerprint density at radius 3 is 2.86 bits per heavy atom. The summed E-state index contributed by atoms with van der Waals surface area (Å²) in [5.74, 6) is -0.625. The third kappa shape index (κ3) is 3.30. The number of carbonyl (C=O) groups is 1. The van der Waals surface area contributed by atoms with Gasteiger partial charge in [0.2, 0.25) is 0 Å². The fourth-order valence-corrected chi connectivity index (χ4v) is 1.68. The highest BCUT2D eigenvalue weighted by molar-refractivity contribution is 5.66. The van der Waals surface area contributed by atoms with Crippen molar-refractivity contribution >= 4 is 11.8 Å². The van der Waals surface area contributed by atoms with Crippen LogP contribution in [0.1, 0.15) is 22.5 Å². The van der Waals surface area contributed by atoms with E-state index < -0.39 is 5.97 Å². The maximum Gasteiger partial charge on any atom is 0.325 e. The number of aliphatic carboxylic acids is 1. The first-order chi connectivity index (χ1) is 10.0. The van der Waals surface area contributed by atoms with E-state index in [0.717, 1.165) is 5.56 Å². The number of nitrogens with one attached hydrogen (secondary N) is 1. The van der Waals surface area contributed by atoms with Crippen LogP contribution in [0.25, 0.3) is 0 Å². The molecule has 0 fully saturated rings. The number of nitrogens with zero attached hydrogens (tertiary/aromatic N) is 6. The molecule has 2 rings (SSSR count). The van der Waals surface area contributed by atoms with Gasteiger partial charge in [-0.1, -0.05) is 5.21 Å². The van der Waals surface area contributed by atoms with Gasteiger partial charge in [-0.25, -0.2) is 4.68 Å². The van der Waals surface area contributed by atoms with E-state index in [1.807, 2.05) is 0 Å². The van der Waals surface area contributed by atoms with E-state index in [0.29, 0.717) is 22.8 Å². The van der Waals surface area contributed by atoms with E-state index in [4.69, 9.17) is 10.4 Å². The maximum atomic E-state index is 10.6. The highest BCUT2D eigenvalue weighted by Crippen LogP contribution is 2.17. The summed E-state index contributed by atoms with van der Waals surface area (Å²) >= 11 is 0. The van der Waals surface area contributed by atoms with Crippen LogP contribution in [0.3, 0.4) is 0 Å². The average molecular weight is 287 g/mol. The standard InChI is InChI=1S/C12H13N7O2/c1-7-8(2)15-17-12(10(7)3-13)14-4-9-5-19(18-16-9)6-11(20)21/h5H,4,6H2,1-2H3,(H,14,17)(H,20,21). The fraction of sp³-hybridized carbons (Fsp3) is 0.333. The lowest BCUT2D eigenvalue weighted by molar-refractivity contribution is -0.137. The minimum absolute atomic E-state index is 0.250. The highest BCUT2D eigenvalue weighted by atomic mass is 16.4. The van der Waals surface area contributed by atoms with Crippen molar-refractivity contribution in [3.63, 3.8) is 0 Å². The van der Waals surface area contributed by atoms with E-state index in [9.17, 15) is 4.79 Å². The first kappa shape index (κ1) is 14.4. The van der Waals surface area contributed by atoms with Crippen molar-refractivity contribution in [2.45, 2.75) is 26.9 Å². The molecule has 9 nitrogen and oxygen atoms in total. The van der Waals surface area contributed by atoms with Gasteiger partial charge >= 0.3 is 5.97 Å². The van der Waals surface area contributed by atoms with Gasteiger partial charge in [-0.05, 0) is 19.4 Å². The molecule has 2 aromatic rings. The summed E-state index contributed by atoms with van der Waals surface area (Å²) < 4.78 is 1.22. The van der Waals surface area contributed by atoms with Crippen molar-refractivity contribution in [1.82, 2.24) is 25.2 Å². The number of anilines is 1. The minimum atomic E-state index is -0.994. The van der Waals surface area contributed by atoms with Gasteiger partial charge in [0, 0.05) is 0 Å². The van der Waals surface area contributed by atoms with Gasteiger partial charge in [0.25, 0.3) is 0 Å². The summed E-state index contributed by atoms with van der Waals surface area (Å²) in [6.45, 7) is 3.60. The molecule has 0 radical (unpaired) electrons. The van der Waals surface area contributed by atoms with Crippen LogP contribution in [0.2, 0.25) is 0 Å². The summed E-state index contributed by atoms with van der Waals surface area (Å²) in [5, 5.41) is 36.2. The highest BCUT2D eigenvalue weighted by Gasteiger charge is 2.11. The monoisotopic (exact) mass is 287 g/mol. The van der Waals surface area contributed by atoms with Crippen molar-refractivity contribution in [2.75, 3.05) is 5.32 Å². The van der Waals surface area contributed by atoms with Gasteiger partial charge in [0.05, 0.1) is 18.4 Å². The normalized spacial score (nSPS) is 10.1. The molecule has 2 heterocycles. The van der Waals surface area contributed by atoms with Crippen LogP contribution in [-0.4, -0.2) is 36.3 Å². The van der Waals surface area contributed by atoms with E-state index in [-0.39, 0.29) is 13.1 Å². The number of aromatic nitrogens is 5. The Labute approximate surface area is 120 Å². The van der Waals surface area contributed by atoms with Crippen LogP contribution in [0.15, 0.2) is 6.20 Å². The molecule has 9 heteroatoms. The quantitative estimate of drug-likeness (QED) is 0.800. The largest absolute Gasteiger partial charge is 0.480 e. The van der Waals surface area contributed by atoms with Gasteiger partial charge in [-0.3, -0.25) is 4.79 Å². The number of rotatable bonds is 5. The number of nitriles is 1. The molecule has 2 N–H and O–H groups in total. The number of carboxylic acid groups (broad SMARTS) is 1. The zero-order chi connectivity index (χ0) is 15.4. The first-order valence-electron chi connectivity index (χ1n) is 6.10. The third-order valence-corrected chi connectivity index (χ3v) is 2.89. The fourth-order valence-electron chi connectivity index (χ4n) is 1.68. The Bertz CT molecular complexity index is 717. The van der Waals surface area contributed by atoms with Gasteiger partial charge < -0.3 is 10.4 Å². The Balaban J connectivity index is 2.10. The molecule has 2 aromatic heterocycles. The Morgan fingerprint density at radius 1 is 1.43 bits per heavy atom. The van der Waals surface area contributed by atoms with E-state index in [2.05, 4.69) is 31.9 Å². The lowest BCUT2D eigenvalue weighted by atomic mass is 10.1. The molecular formula is C12H13N7O2. The molecule has 0 aliphatic carbocycles. The van der Waals surface area contributed by atoms with E-state index >= 15 is 0 Å². The lowest BCUT2D eigenvalue weighted by Crippen LogP contribution is -2.09. The maximum absolute atomic E-state index is 10.6. The zero-order valence-electron chi connectivity index (χ0n) is 11.5. The molecule has 0 aromatic carbocycles. The van der Waals surface area contributed by atoms with Gasteiger partial charge in [-0.15, -0.1) is 10.2 Å².